The topological polar surface area (TPSA) is 35.5 Å². The predicted molar refractivity (Wildman–Crippen MR) is 74.5 cm³/mol. The van der Waals surface area contributed by atoms with Crippen molar-refractivity contribution in [3.8, 4) is 0 Å². The van der Waals surface area contributed by atoms with Crippen LogP contribution in [0.3, 0.4) is 0 Å². The highest BCUT2D eigenvalue weighted by atomic mass is 16.6. The summed E-state index contributed by atoms with van der Waals surface area (Å²) in [7, 11) is 0. The molecular formula is C15H26O3. The Labute approximate surface area is 111 Å². The van der Waals surface area contributed by atoms with E-state index in [0.29, 0.717) is 12.2 Å². The van der Waals surface area contributed by atoms with Crippen LogP contribution in [0.5, 0.6) is 0 Å². The Hall–Kier alpha value is -1.09. The van der Waals surface area contributed by atoms with Crippen LogP contribution in [-0.2, 0) is 14.3 Å². The summed E-state index contributed by atoms with van der Waals surface area (Å²) in [4.78, 5) is 11.1. The van der Waals surface area contributed by atoms with E-state index < -0.39 is 0 Å². The molecule has 0 aliphatic carbocycles. The molecule has 0 aromatic carbocycles. The Balaban J connectivity index is 3.94. The number of hydrogen-bond acceptors (Lipinski definition) is 3. The first kappa shape index (κ1) is 16.9. The molecule has 18 heavy (non-hydrogen) atoms. The number of hydrogen-bond donors (Lipinski definition) is 0. The molecule has 1 unspecified atom stereocenters. The average molecular weight is 254 g/mol. The van der Waals surface area contributed by atoms with Crippen molar-refractivity contribution in [3.63, 3.8) is 0 Å². The van der Waals surface area contributed by atoms with Gasteiger partial charge in [0, 0.05) is 5.57 Å². The van der Waals surface area contributed by atoms with Gasteiger partial charge in [-0.1, -0.05) is 32.9 Å². The van der Waals surface area contributed by atoms with Gasteiger partial charge in [0.05, 0.1) is 12.7 Å². The zero-order chi connectivity index (χ0) is 14.0. The van der Waals surface area contributed by atoms with E-state index in [2.05, 4.69) is 33.4 Å². The minimum atomic E-state index is -0.357. The van der Waals surface area contributed by atoms with Crippen LogP contribution in [0.15, 0.2) is 23.8 Å². The van der Waals surface area contributed by atoms with Gasteiger partial charge < -0.3 is 9.47 Å². The monoisotopic (exact) mass is 254 g/mol. The van der Waals surface area contributed by atoms with Gasteiger partial charge in [-0.25, -0.2) is 4.79 Å². The smallest absolute Gasteiger partial charge is 0.333 e. The molecule has 0 N–H and O–H groups in total. The third-order valence-electron chi connectivity index (χ3n) is 2.62. The largest absolute Gasteiger partial charge is 0.460 e. The second kappa shape index (κ2) is 9.89. The maximum absolute atomic E-state index is 11.1. The van der Waals surface area contributed by atoms with Crippen LogP contribution in [0.4, 0.5) is 0 Å². The van der Waals surface area contributed by atoms with E-state index in [1.165, 1.54) is 5.57 Å². The lowest BCUT2D eigenvalue weighted by molar-refractivity contribution is -0.140. The number of unbranched alkanes of at least 4 members (excludes halogenated alkanes) is 1. The van der Waals surface area contributed by atoms with Crippen molar-refractivity contribution in [1.29, 1.82) is 0 Å². The number of allylic oxidation sites excluding steroid dienone is 1. The summed E-state index contributed by atoms with van der Waals surface area (Å²) in [6.07, 6.45) is 5.49. The van der Waals surface area contributed by atoms with Gasteiger partial charge in [-0.3, -0.25) is 0 Å². The molecule has 0 fully saturated rings. The Morgan fingerprint density at radius 2 is 1.94 bits per heavy atom. The van der Waals surface area contributed by atoms with E-state index in [-0.39, 0.29) is 18.7 Å². The van der Waals surface area contributed by atoms with Crippen molar-refractivity contribution in [2.24, 2.45) is 0 Å². The van der Waals surface area contributed by atoms with Crippen LogP contribution >= 0.6 is 0 Å². The molecule has 3 heteroatoms. The zero-order valence-electron chi connectivity index (χ0n) is 12.1. The molecule has 0 aromatic heterocycles. The molecule has 0 heterocycles. The molecule has 0 bridgehead atoms. The lowest BCUT2D eigenvalue weighted by Gasteiger charge is -2.17. The van der Waals surface area contributed by atoms with E-state index in [9.17, 15) is 4.79 Å². The Bertz CT molecular complexity index is 292. The van der Waals surface area contributed by atoms with Crippen molar-refractivity contribution in [3.05, 3.63) is 23.8 Å². The quantitative estimate of drug-likeness (QED) is 0.273. The van der Waals surface area contributed by atoms with Crippen molar-refractivity contribution >= 4 is 5.97 Å². The summed E-state index contributed by atoms with van der Waals surface area (Å²) in [5.41, 5.74) is 1.67. The summed E-state index contributed by atoms with van der Waals surface area (Å²) in [6, 6.07) is 0. The molecule has 0 aromatic rings. The zero-order valence-corrected chi connectivity index (χ0v) is 12.1. The van der Waals surface area contributed by atoms with E-state index in [1.54, 1.807) is 6.92 Å². The first-order valence-electron chi connectivity index (χ1n) is 6.63. The molecule has 0 spiro atoms. The van der Waals surface area contributed by atoms with Gasteiger partial charge in [0.1, 0.15) is 6.61 Å². The predicted octanol–water partition coefficient (Wildman–Crippen LogP) is 3.65. The van der Waals surface area contributed by atoms with Gasteiger partial charge in [-0.05, 0) is 32.3 Å². The van der Waals surface area contributed by atoms with Gasteiger partial charge in [-0.15, -0.1) is 0 Å². The third kappa shape index (κ3) is 7.28. The number of ether oxygens (including phenoxy) is 2. The SMILES string of the molecule is C=C(C)C(=O)OCCOC(CC)/C(C)=C\CCC. The third-order valence-corrected chi connectivity index (χ3v) is 2.62. The van der Waals surface area contributed by atoms with Crippen molar-refractivity contribution in [2.45, 2.75) is 53.1 Å². The Kier molecular flexibility index (Phi) is 9.29. The van der Waals surface area contributed by atoms with Crippen molar-refractivity contribution < 1.29 is 14.3 Å². The Morgan fingerprint density at radius 3 is 2.44 bits per heavy atom. The molecule has 0 rings (SSSR count). The summed E-state index contributed by atoms with van der Waals surface area (Å²) in [5.74, 6) is -0.357. The van der Waals surface area contributed by atoms with Crippen LogP contribution < -0.4 is 0 Å². The van der Waals surface area contributed by atoms with E-state index in [4.69, 9.17) is 9.47 Å². The molecule has 104 valence electrons. The molecule has 0 amide bonds. The highest BCUT2D eigenvalue weighted by molar-refractivity contribution is 5.86. The minimum Gasteiger partial charge on any atom is -0.460 e. The second-order valence-corrected chi connectivity index (χ2v) is 4.42. The van der Waals surface area contributed by atoms with Gasteiger partial charge in [0.15, 0.2) is 0 Å². The lowest BCUT2D eigenvalue weighted by Crippen LogP contribution is -2.18. The molecule has 0 saturated heterocycles. The van der Waals surface area contributed by atoms with Crippen LogP contribution in [0.1, 0.15) is 47.0 Å². The minimum absolute atomic E-state index is 0.125. The van der Waals surface area contributed by atoms with Crippen LogP contribution in [0.25, 0.3) is 0 Å². The van der Waals surface area contributed by atoms with E-state index in [0.717, 1.165) is 19.3 Å². The van der Waals surface area contributed by atoms with E-state index in [1.807, 2.05) is 0 Å². The molecular weight excluding hydrogens is 228 g/mol. The average Bonchev–Trinajstić information content (AvgIpc) is 2.35. The summed E-state index contributed by atoms with van der Waals surface area (Å²) in [5, 5.41) is 0. The highest BCUT2D eigenvalue weighted by Crippen LogP contribution is 2.11. The van der Waals surface area contributed by atoms with E-state index >= 15 is 0 Å². The van der Waals surface area contributed by atoms with Crippen molar-refractivity contribution in [1.82, 2.24) is 0 Å². The Morgan fingerprint density at radius 1 is 1.28 bits per heavy atom. The lowest BCUT2D eigenvalue weighted by atomic mass is 10.1. The van der Waals surface area contributed by atoms with Crippen molar-refractivity contribution in [2.75, 3.05) is 13.2 Å². The first-order chi connectivity index (χ1) is 8.52. The maximum Gasteiger partial charge on any atom is 0.333 e. The first-order valence-corrected chi connectivity index (χ1v) is 6.63. The van der Waals surface area contributed by atoms with Crippen LogP contribution in [-0.4, -0.2) is 25.3 Å². The van der Waals surface area contributed by atoms with Gasteiger partial charge >= 0.3 is 5.97 Å². The van der Waals surface area contributed by atoms with Gasteiger partial charge in [0.25, 0.3) is 0 Å². The van der Waals surface area contributed by atoms with Gasteiger partial charge in [-0.2, -0.15) is 0 Å². The molecule has 1 atom stereocenters. The number of rotatable bonds is 9. The fraction of sp³-hybridized carbons (Fsp3) is 0.667. The number of carbonyl (C=O) groups excluding carboxylic acids is 1. The van der Waals surface area contributed by atoms with Crippen LogP contribution in [0.2, 0.25) is 0 Å². The second-order valence-electron chi connectivity index (χ2n) is 4.42. The summed E-state index contributed by atoms with van der Waals surface area (Å²) in [6.45, 7) is 12.2. The van der Waals surface area contributed by atoms with Crippen LogP contribution in [0, 0.1) is 0 Å². The number of carbonyl (C=O) groups is 1. The molecule has 0 aliphatic heterocycles. The molecule has 0 saturated carbocycles. The maximum atomic E-state index is 11.1. The molecule has 3 nitrogen and oxygen atoms in total. The highest BCUT2D eigenvalue weighted by Gasteiger charge is 2.09. The van der Waals surface area contributed by atoms with Gasteiger partial charge in [0.2, 0.25) is 0 Å². The molecule has 0 radical (unpaired) electrons. The molecule has 0 aliphatic rings. The normalized spacial score (nSPS) is 13.2. The fourth-order valence-corrected chi connectivity index (χ4v) is 1.52. The standard InChI is InChI=1S/C15H26O3/c1-6-8-9-13(5)14(7-2)17-10-11-18-15(16)12(3)4/h9,14H,3,6-8,10-11H2,1-2,4-5H3/b13-9-. The summed E-state index contributed by atoms with van der Waals surface area (Å²) >= 11 is 0. The summed E-state index contributed by atoms with van der Waals surface area (Å²) < 4.78 is 10.7. The number of esters is 1. The fourth-order valence-electron chi connectivity index (χ4n) is 1.52.